The van der Waals surface area contributed by atoms with E-state index >= 15 is 0 Å². The minimum absolute atomic E-state index is 0.0212. The van der Waals surface area contributed by atoms with Crippen LogP contribution in [0, 0.1) is 0 Å². The maximum Gasteiger partial charge on any atom is 0.316 e. The number of ether oxygens (including phenoxy) is 2. The molecule has 33 heavy (non-hydrogen) atoms. The van der Waals surface area contributed by atoms with E-state index in [1.165, 1.54) is 7.11 Å². The van der Waals surface area contributed by atoms with Crippen molar-refractivity contribution in [3.05, 3.63) is 59.5 Å². The van der Waals surface area contributed by atoms with E-state index < -0.39 is 5.91 Å². The van der Waals surface area contributed by atoms with Gasteiger partial charge in [-0.05, 0) is 41.3 Å². The molecule has 1 heterocycles. The Morgan fingerprint density at radius 1 is 0.909 bits per heavy atom. The molecule has 0 spiro atoms. The molecule has 174 valence electrons. The number of methoxy groups -OCH3 is 2. The lowest BCUT2D eigenvalue weighted by molar-refractivity contribution is 0.0898. The van der Waals surface area contributed by atoms with Crippen molar-refractivity contribution < 1.29 is 23.6 Å². The molecule has 3 aromatic rings. The second-order valence-corrected chi connectivity index (χ2v) is 8.33. The Labute approximate surface area is 192 Å². The maximum absolute atomic E-state index is 12.3. The average molecular weight is 453 g/mol. The first-order valence-electron chi connectivity index (χ1n) is 10.5. The van der Waals surface area contributed by atoms with Gasteiger partial charge in [-0.25, -0.2) is 0 Å². The van der Waals surface area contributed by atoms with Gasteiger partial charge in [0.1, 0.15) is 0 Å². The van der Waals surface area contributed by atoms with Crippen molar-refractivity contribution in [1.82, 2.24) is 20.8 Å². The van der Waals surface area contributed by atoms with Crippen molar-refractivity contribution in [3.8, 4) is 22.9 Å². The van der Waals surface area contributed by atoms with Gasteiger partial charge in [0, 0.05) is 24.2 Å². The summed E-state index contributed by atoms with van der Waals surface area (Å²) in [4.78, 5) is 28.7. The summed E-state index contributed by atoms with van der Waals surface area (Å²) in [6, 6.07) is 12.6. The van der Waals surface area contributed by atoms with E-state index in [2.05, 4.69) is 41.5 Å². The highest BCUT2D eigenvalue weighted by atomic mass is 16.5. The molecule has 0 radical (unpaired) electrons. The number of benzene rings is 2. The number of nitrogens with one attached hydrogen (secondary N) is 2. The van der Waals surface area contributed by atoms with Gasteiger partial charge >= 0.3 is 11.8 Å². The van der Waals surface area contributed by atoms with Crippen molar-refractivity contribution in [3.63, 3.8) is 0 Å². The van der Waals surface area contributed by atoms with Crippen LogP contribution in [0.25, 0.3) is 11.4 Å². The van der Waals surface area contributed by atoms with Gasteiger partial charge in [-0.1, -0.05) is 38.1 Å². The molecule has 0 aliphatic carbocycles. The Morgan fingerprint density at radius 3 is 2.15 bits per heavy atom. The molecule has 0 saturated carbocycles. The van der Waals surface area contributed by atoms with Crippen molar-refractivity contribution in [2.45, 2.75) is 26.2 Å². The van der Waals surface area contributed by atoms with Gasteiger partial charge < -0.3 is 24.6 Å². The van der Waals surface area contributed by atoms with Gasteiger partial charge in [0.05, 0.1) is 14.2 Å². The quantitative estimate of drug-likeness (QED) is 0.504. The summed E-state index contributed by atoms with van der Waals surface area (Å²) in [5.74, 6) is 0.401. The van der Waals surface area contributed by atoms with E-state index in [0.29, 0.717) is 22.6 Å². The van der Waals surface area contributed by atoms with E-state index in [4.69, 9.17) is 14.0 Å². The fourth-order valence-electron chi connectivity index (χ4n) is 3.06. The first kappa shape index (κ1) is 23.8. The van der Waals surface area contributed by atoms with Gasteiger partial charge in [0.25, 0.3) is 5.91 Å². The molecule has 2 N–H and O–H groups in total. The summed E-state index contributed by atoms with van der Waals surface area (Å²) in [5, 5.41) is 9.26. The summed E-state index contributed by atoms with van der Waals surface area (Å²) in [6.07, 6.45) is 0. The van der Waals surface area contributed by atoms with Crippen molar-refractivity contribution >= 4 is 11.8 Å². The zero-order chi connectivity index (χ0) is 24.0. The van der Waals surface area contributed by atoms with E-state index in [1.807, 2.05) is 12.1 Å². The van der Waals surface area contributed by atoms with Crippen LogP contribution >= 0.6 is 0 Å². The SMILES string of the molecule is COc1ccc(-c2noc(C(=O)NCCNC(=O)c3ccc(C(C)(C)C)cc3)n2)cc1OC. The Hall–Kier alpha value is -3.88. The molecule has 0 aliphatic heterocycles. The molecule has 9 nitrogen and oxygen atoms in total. The Morgan fingerprint density at radius 2 is 1.55 bits per heavy atom. The molecular weight excluding hydrogens is 424 g/mol. The minimum Gasteiger partial charge on any atom is -0.493 e. The van der Waals surface area contributed by atoms with Crippen LogP contribution in [-0.2, 0) is 5.41 Å². The van der Waals surface area contributed by atoms with Crippen LogP contribution < -0.4 is 20.1 Å². The fraction of sp³-hybridized carbons (Fsp3) is 0.333. The van der Waals surface area contributed by atoms with Gasteiger partial charge in [-0.2, -0.15) is 4.98 Å². The number of aromatic nitrogens is 2. The van der Waals surface area contributed by atoms with Crippen LogP contribution in [0.3, 0.4) is 0 Å². The van der Waals surface area contributed by atoms with E-state index in [1.54, 1.807) is 37.4 Å². The zero-order valence-corrected chi connectivity index (χ0v) is 19.4. The third-order valence-electron chi connectivity index (χ3n) is 4.97. The average Bonchev–Trinajstić information content (AvgIpc) is 3.31. The lowest BCUT2D eigenvalue weighted by Crippen LogP contribution is -2.34. The van der Waals surface area contributed by atoms with Crippen molar-refractivity contribution in [1.29, 1.82) is 0 Å². The number of nitrogens with zero attached hydrogens (tertiary/aromatic N) is 2. The molecule has 9 heteroatoms. The van der Waals surface area contributed by atoms with E-state index in [9.17, 15) is 9.59 Å². The Kier molecular flexibility index (Phi) is 7.32. The maximum atomic E-state index is 12.3. The number of carbonyl (C=O) groups is 2. The first-order valence-corrected chi connectivity index (χ1v) is 10.5. The summed E-state index contributed by atoms with van der Waals surface area (Å²) in [6.45, 7) is 6.81. The van der Waals surface area contributed by atoms with Crippen LogP contribution in [0.2, 0.25) is 0 Å². The molecule has 1 aromatic heterocycles. The molecule has 0 saturated heterocycles. The highest BCUT2D eigenvalue weighted by Gasteiger charge is 2.18. The number of carbonyl (C=O) groups excluding carboxylic acids is 2. The lowest BCUT2D eigenvalue weighted by Gasteiger charge is -2.19. The van der Waals surface area contributed by atoms with E-state index in [0.717, 1.165) is 5.56 Å². The monoisotopic (exact) mass is 452 g/mol. The smallest absolute Gasteiger partial charge is 0.316 e. The predicted molar refractivity (Wildman–Crippen MR) is 123 cm³/mol. The normalized spacial score (nSPS) is 11.1. The van der Waals surface area contributed by atoms with Crippen molar-refractivity contribution in [2.75, 3.05) is 27.3 Å². The molecule has 3 rings (SSSR count). The highest BCUT2D eigenvalue weighted by Crippen LogP contribution is 2.31. The number of hydrogen-bond donors (Lipinski definition) is 2. The van der Waals surface area contributed by atoms with Gasteiger partial charge in [-0.15, -0.1) is 0 Å². The third kappa shape index (κ3) is 5.88. The fourth-order valence-corrected chi connectivity index (χ4v) is 3.06. The minimum atomic E-state index is -0.530. The molecule has 0 aliphatic rings. The summed E-state index contributed by atoms with van der Waals surface area (Å²) < 4.78 is 15.5. The second kappa shape index (κ2) is 10.2. The first-order chi connectivity index (χ1) is 15.7. The molecule has 0 atom stereocenters. The van der Waals surface area contributed by atoms with Crippen LogP contribution in [0.5, 0.6) is 11.5 Å². The highest BCUT2D eigenvalue weighted by molar-refractivity contribution is 5.94. The zero-order valence-electron chi connectivity index (χ0n) is 19.4. The van der Waals surface area contributed by atoms with Crippen LogP contribution in [0.1, 0.15) is 47.4 Å². The molecule has 0 bridgehead atoms. The summed E-state index contributed by atoms with van der Waals surface area (Å²) in [7, 11) is 3.07. The number of hydrogen-bond acceptors (Lipinski definition) is 7. The number of amides is 2. The largest absolute Gasteiger partial charge is 0.493 e. The topological polar surface area (TPSA) is 116 Å². The standard InChI is InChI=1S/C24H28N4O5/c1-24(2,3)17-9-6-15(7-10-17)21(29)25-12-13-26-22(30)23-27-20(28-33-23)16-8-11-18(31-4)19(14-16)32-5/h6-11,14H,12-13H2,1-5H3,(H,25,29)(H,26,30). The predicted octanol–water partition coefficient (Wildman–Crippen LogP) is 3.21. The summed E-state index contributed by atoms with van der Waals surface area (Å²) in [5.41, 5.74) is 2.34. The molecule has 2 amide bonds. The lowest BCUT2D eigenvalue weighted by atomic mass is 9.87. The van der Waals surface area contributed by atoms with Gasteiger partial charge in [0.15, 0.2) is 11.5 Å². The van der Waals surface area contributed by atoms with Crippen LogP contribution in [0.15, 0.2) is 47.0 Å². The molecular formula is C24H28N4O5. The van der Waals surface area contributed by atoms with Gasteiger partial charge in [0.2, 0.25) is 5.82 Å². The molecule has 0 fully saturated rings. The second-order valence-electron chi connectivity index (χ2n) is 8.33. The third-order valence-corrected chi connectivity index (χ3v) is 4.97. The van der Waals surface area contributed by atoms with Crippen LogP contribution in [-0.4, -0.2) is 49.3 Å². The van der Waals surface area contributed by atoms with Crippen LogP contribution in [0.4, 0.5) is 0 Å². The van der Waals surface area contributed by atoms with E-state index in [-0.39, 0.29) is 36.1 Å². The summed E-state index contributed by atoms with van der Waals surface area (Å²) >= 11 is 0. The molecule has 0 unspecified atom stereocenters. The van der Waals surface area contributed by atoms with Crippen molar-refractivity contribution in [2.24, 2.45) is 0 Å². The number of rotatable bonds is 8. The van der Waals surface area contributed by atoms with Gasteiger partial charge in [-0.3, -0.25) is 9.59 Å². The Balaban J connectivity index is 1.51. The Bertz CT molecular complexity index is 1120. The molecule has 2 aromatic carbocycles.